The number of hydrogen-bond donors (Lipinski definition) is 2. The highest BCUT2D eigenvalue weighted by Crippen LogP contribution is 2.36. The van der Waals surface area contributed by atoms with Crippen LogP contribution in [-0.2, 0) is 0 Å². The Kier molecular flexibility index (Phi) is 4.70. The third-order valence-electron chi connectivity index (χ3n) is 4.42. The predicted molar refractivity (Wildman–Crippen MR) is 82.4 cm³/mol. The van der Waals surface area contributed by atoms with Crippen molar-refractivity contribution in [1.29, 1.82) is 0 Å². The molecule has 2 N–H and O–H groups in total. The summed E-state index contributed by atoms with van der Waals surface area (Å²) < 4.78 is 0. The molecule has 2 atom stereocenters. The lowest BCUT2D eigenvalue weighted by Gasteiger charge is -2.45. The highest BCUT2D eigenvalue weighted by molar-refractivity contribution is 6.32. The van der Waals surface area contributed by atoms with Gasteiger partial charge in [0.2, 0.25) is 0 Å². The molecule has 0 saturated heterocycles. The second-order valence-corrected chi connectivity index (χ2v) is 6.48. The number of likely N-dealkylation sites (N-methyl/N-ethyl adjacent to an activating group) is 1. The smallest absolute Gasteiger partial charge is 0.285 e. The minimum atomic E-state index is -0.354. The molecule has 2 unspecified atom stereocenters. The number of aromatic nitrogens is 2. The number of halogens is 1. The summed E-state index contributed by atoms with van der Waals surface area (Å²) in [6.07, 6.45) is 6.41. The van der Waals surface area contributed by atoms with Crippen LogP contribution in [-0.4, -0.2) is 41.3 Å². The van der Waals surface area contributed by atoms with E-state index in [-0.39, 0.29) is 16.1 Å². The molecule has 1 aliphatic carbocycles. The molecule has 112 valence electrons. The summed E-state index contributed by atoms with van der Waals surface area (Å²) in [5.74, 6) is 0.723. The largest absolute Gasteiger partial charge is 0.381 e. The Bertz CT molecular complexity index is 516. The summed E-state index contributed by atoms with van der Waals surface area (Å²) in [4.78, 5) is 13.8. The summed E-state index contributed by atoms with van der Waals surface area (Å²) in [6.45, 7) is 3.08. The number of aromatic amines is 1. The van der Waals surface area contributed by atoms with E-state index in [1.165, 1.54) is 12.8 Å². The standard InChI is InChI=1S/C14H23ClN4O/c1-10-5-4-6-14(7-10,19(2)3)9-16-11-8-17-18-13(20)12(11)15/h8,10H,4-7,9H2,1-3H3,(H2,16,18,20). The van der Waals surface area contributed by atoms with Gasteiger partial charge in [-0.15, -0.1) is 0 Å². The van der Waals surface area contributed by atoms with Gasteiger partial charge in [0.25, 0.3) is 5.56 Å². The third kappa shape index (κ3) is 3.15. The molecule has 1 fully saturated rings. The maximum atomic E-state index is 11.5. The molecular weight excluding hydrogens is 276 g/mol. The van der Waals surface area contributed by atoms with Crippen molar-refractivity contribution in [3.05, 3.63) is 21.6 Å². The Hall–Kier alpha value is -1.07. The summed E-state index contributed by atoms with van der Waals surface area (Å²) >= 11 is 6.00. The summed E-state index contributed by atoms with van der Waals surface area (Å²) in [5.41, 5.74) is 0.367. The molecule has 1 aromatic heterocycles. The lowest BCUT2D eigenvalue weighted by atomic mass is 9.75. The van der Waals surface area contributed by atoms with E-state index in [1.54, 1.807) is 6.20 Å². The first-order valence-electron chi connectivity index (χ1n) is 7.09. The lowest BCUT2D eigenvalue weighted by Crippen LogP contribution is -2.52. The van der Waals surface area contributed by atoms with Gasteiger partial charge in [0.05, 0.1) is 11.9 Å². The van der Waals surface area contributed by atoms with Gasteiger partial charge in [0.1, 0.15) is 5.02 Å². The Morgan fingerprint density at radius 2 is 2.35 bits per heavy atom. The van der Waals surface area contributed by atoms with Gasteiger partial charge in [-0.2, -0.15) is 5.10 Å². The number of rotatable bonds is 4. The topological polar surface area (TPSA) is 61.0 Å². The molecule has 6 heteroatoms. The van der Waals surface area contributed by atoms with Gasteiger partial charge in [-0.1, -0.05) is 31.4 Å². The van der Waals surface area contributed by atoms with E-state index in [0.717, 1.165) is 25.3 Å². The second-order valence-electron chi connectivity index (χ2n) is 6.10. The molecule has 0 aromatic carbocycles. The molecule has 1 aromatic rings. The molecule has 0 bridgehead atoms. The lowest BCUT2D eigenvalue weighted by molar-refractivity contribution is 0.0882. The molecule has 1 heterocycles. The summed E-state index contributed by atoms with van der Waals surface area (Å²) in [5, 5.41) is 9.61. The predicted octanol–water partition coefficient (Wildman–Crippen LogP) is 2.35. The second kappa shape index (κ2) is 6.14. The average Bonchev–Trinajstić information content (AvgIpc) is 2.40. The van der Waals surface area contributed by atoms with Crippen LogP contribution in [0.3, 0.4) is 0 Å². The number of nitrogens with zero attached hydrogens (tertiary/aromatic N) is 2. The van der Waals surface area contributed by atoms with Crippen LogP contribution in [0.25, 0.3) is 0 Å². The summed E-state index contributed by atoms with van der Waals surface area (Å²) in [7, 11) is 4.24. The highest BCUT2D eigenvalue weighted by atomic mass is 35.5. The van der Waals surface area contributed by atoms with Gasteiger partial charge in [-0.3, -0.25) is 4.79 Å². The number of hydrogen-bond acceptors (Lipinski definition) is 4. The SMILES string of the molecule is CC1CCCC(CNc2cn[nH]c(=O)c2Cl)(N(C)C)C1. The quantitative estimate of drug-likeness (QED) is 0.896. The van der Waals surface area contributed by atoms with Gasteiger partial charge in [-0.05, 0) is 32.9 Å². The molecule has 2 rings (SSSR count). The Balaban J connectivity index is 2.13. The van der Waals surface area contributed by atoms with Gasteiger partial charge in [-0.25, -0.2) is 5.10 Å². The minimum absolute atomic E-state index is 0.115. The van der Waals surface area contributed by atoms with E-state index in [1.807, 2.05) is 0 Å². The normalized spacial score (nSPS) is 26.8. The maximum absolute atomic E-state index is 11.5. The average molecular weight is 299 g/mol. The summed E-state index contributed by atoms with van der Waals surface area (Å²) in [6, 6.07) is 0. The Morgan fingerprint density at radius 3 is 3.00 bits per heavy atom. The third-order valence-corrected chi connectivity index (χ3v) is 4.79. The van der Waals surface area contributed by atoms with Crippen molar-refractivity contribution in [2.45, 2.75) is 38.1 Å². The molecule has 0 amide bonds. The zero-order valence-corrected chi connectivity index (χ0v) is 13.1. The fourth-order valence-electron chi connectivity index (χ4n) is 3.12. The van der Waals surface area contributed by atoms with Crippen molar-refractivity contribution in [2.75, 3.05) is 26.0 Å². The minimum Gasteiger partial charge on any atom is -0.381 e. The van der Waals surface area contributed by atoms with Crippen LogP contribution in [0.5, 0.6) is 0 Å². The van der Waals surface area contributed by atoms with Gasteiger partial charge in [0.15, 0.2) is 0 Å². The first-order chi connectivity index (χ1) is 9.44. The first-order valence-corrected chi connectivity index (χ1v) is 7.47. The molecular formula is C14H23ClN4O. The van der Waals surface area contributed by atoms with Crippen LogP contribution in [0.15, 0.2) is 11.0 Å². The maximum Gasteiger partial charge on any atom is 0.285 e. The van der Waals surface area contributed by atoms with Gasteiger partial charge >= 0.3 is 0 Å². The van der Waals surface area contributed by atoms with Crippen LogP contribution < -0.4 is 10.9 Å². The Labute approximate surface area is 124 Å². The molecule has 0 spiro atoms. The molecule has 0 aliphatic heterocycles. The van der Waals surface area contributed by atoms with Crippen molar-refractivity contribution in [3.8, 4) is 0 Å². The number of nitrogens with one attached hydrogen (secondary N) is 2. The zero-order valence-electron chi connectivity index (χ0n) is 12.4. The molecule has 5 nitrogen and oxygen atoms in total. The van der Waals surface area contributed by atoms with Crippen molar-refractivity contribution in [2.24, 2.45) is 5.92 Å². The molecule has 20 heavy (non-hydrogen) atoms. The zero-order chi connectivity index (χ0) is 14.8. The number of H-pyrrole nitrogens is 1. The van der Waals surface area contributed by atoms with Crippen molar-refractivity contribution >= 4 is 17.3 Å². The molecule has 1 aliphatic rings. The van der Waals surface area contributed by atoms with E-state index < -0.39 is 0 Å². The fourth-order valence-corrected chi connectivity index (χ4v) is 3.28. The van der Waals surface area contributed by atoms with E-state index in [4.69, 9.17) is 11.6 Å². The fraction of sp³-hybridized carbons (Fsp3) is 0.714. The molecule has 1 saturated carbocycles. The Morgan fingerprint density at radius 1 is 1.60 bits per heavy atom. The van der Waals surface area contributed by atoms with Crippen LogP contribution in [0.2, 0.25) is 5.02 Å². The van der Waals surface area contributed by atoms with Crippen LogP contribution in [0, 0.1) is 5.92 Å². The van der Waals surface area contributed by atoms with Crippen molar-refractivity contribution in [1.82, 2.24) is 15.1 Å². The van der Waals surface area contributed by atoms with Crippen molar-refractivity contribution in [3.63, 3.8) is 0 Å². The van der Waals surface area contributed by atoms with Crippen molar-refractivity contribution < 1.29 is 0 Å². The van der Waals surface area contributed by atoms with Gasteiger partial charge in [0, 0.05) is 12.1 Å². The number of anilines is 1. The van der Waals surface area contributed by atoms with Crippen LogP contribution >= 0.6 is 11.6 Å². The van der Waals surface area contributed by atoms with E-state index >= 15 is 0 Å². The van der Waals surface area contributed by atoms with E-state index in [9.17, 15) is 4.79 Å². The van der Waals surface area contributed by atoms with Crippen LogP contribution in [0.4, 0.5) is 5.69 Å². The van der Waals surface area contributed by atoms with Crippen LogP contribution in [0.1, 0.15) is 32.6 Å². The first kappa shape index (κ1) is 15.3. The van der Waals surface area contributed by atoms with E-state index in [0.29, 0.717) is 5.69 Å². The molecule has 0 radical (unpaired) electrons. The van der Waals surface area contributed by atoms with Gasteiger partial charge < -0.3 is 10.2 Å². The van der Waals surface area contributed by atoms with E-state index in [2.05, 4.69) is 41.4 Å². The highest BCUT2D eigenvalue weighted by Gasteiger charge is 2.36. The monoisotopic (exact) mass is 298 g/mol.